The van der Waals surface area contributed by atoms with Crippen LogP contribution in [0.1, 0.15) is 19.3 Å². The predicted octanol–water partition coefficient (Wildman–Crippen LogP) is 3.25. The van der Waals surface area contributed by atoms with E-state index in [9.17, 15) is 13.2 Å². The summed E-state index contributed by atoms with van der Waals surface area (Å²) in [5.74, 6) is 0.884. The molecule has 1 aromatic carbocycles. The summed E-state index contributed by atoms with van der Waals surface area (Å²) in [5, 5.41) is 0.463. The minimum Gasteiger partial charge on any atom is -0.448 e. The molecule has 2 aliphatic heterocycles. The standard InChI is InChI=1S/C24H31ClN4O5S/c1-33-17-20-5-4-6-21(29(20)35(31,32)22-10-8-19(25)9-11-22)18-34-24(30)28-15-13-27(14-16-28)23-7-2-3-12-26-23/h2-3,7-12,20-21H,4-6,13-18H2,1H3/t20-,21+/m1/s1. The van der Waals surface area contributed by atoms with Gasteiger partial charge in [-0.15, -0.1) is 0 Å². The van der Waals surface area contributed by atoms with Gasteiger partial charge >= 0.3 is 6.09 Å². The molecule has 190 valence electrons. The van der Waals surface area contributed by atoms with Crippen LogP contribution in [0.4, 0.5) is 10.6 Å². The van der Waals surface area contributed by atoms with E-state index in [2.05, 4.69) is 9.88 Å². The molecule has 2 atom stereocenters. The number of hydrogen-bond acceptors (Lipinski definition) is 7. The average Bonchev–Trinajstić information content (AvgIpc) is 2.88. The molecule has 2 fully saturated rings. The Balaban J connectivity index is 1.41. The molecule has 9 nitrogen and oxygen atoms in total. The second-order valence-corrected chi connectivity index (χ2v) is 11.0. The van der Waals surface area contributed by atoms with Crippen molar-refractivity contribution in [2.75, 3.05) is 51.4 Å². The number of methoxy groups -OCH3 is 1. The Hall–Kier alpha value is -2.40. The van der Waals surface area contributed by atoms with Gasteiger partial charge in [-0.2, -0.15) is 4.31 Å². The first kappa shape index (κ1) is 25.7. The van der Waals surface area contributed by atoms with Gasteiger partial charge in [0, 0.05) is 50.6 Å². The second-order valence-electron chi connectivity index (χ2n) is 8.72. The van der Waals surface area contributed by atoms with E-state index in [1.165, 1.54) is 16.4 Å². The fourth-order valence-electron chi connectivity index (χ4n) is 4.69. The summed E-state index contributed by atoms with van der Waals surface area (Å²) < 4.78 is 39.6. The minimum atomic E-state index is -3.83. The van der Waals surface area contributed by atoms with Crippen molar-refractivity contribution in [2.45, 2.75) is 36.2 Å². The molecule has 11 heteroatoms. The molecule has 35 heavy (non-hydrogen) atoms. The maximum absolute atomic E-state index is 13.6. The highest BCUT2D eigenvalue weighted by atomic mass is 35.5. The summed E-state index contributed by atoms with van der Waals surface area (Å²) >= 11 is 5.96. The van der Waals surface area contributed by atoms with Crippen molar-refractivity contribution in [1.29, 1.82) is 0 Å². The van der Waals surface area contributed by atoms with Crippen molar-refractivity contribution in [1.82, 2.24) is 14.2 Å². The van der Waals surface area contributed by atoms with Crippen molar-refractivity contribution >= 4 is 33.5 Å². The Morgan fingerprint density at radius 2 is 1.71 bits per heavy atom. The molecule has 0 radical (unpaired) electrons. The molecular formula is C24H31ClN4O5S. The number of piperidine rings is 1. The summed E-state index contributed by atoms with van der Waals surface area (Å²) in [6.45, 7) is 2.60. The number of carbonyl (C=O) groups excluding carboxylic acids is 1. The van der Waals surface area contributed by atoms with Gasteiger partial charge in [-0.1, -0.05) is 24.1 Å². The van der Waals surface area contributed by atoms with Crippen LogP contribution >= 0.6 is 11.6 Å². The Labute approximate surface area is 211 Å². The quantitative estimate of drug-likeness (QED) is 0.551. The zero-order valence-electron chi connectivity index (χ0n) is 19.8. The number of ether oxygens (including phenoxy) is 2. The third kappa shape index (κ3) is 6.06. The Bertz CT molecular complexity index is 1080. The van der Waals surface area contributed by atoms with E-state index in [1.54, 1.807) is 30.3 Å². The third-order valence-corrected chi connectivity index (χ3v) is 8.72. The van der Waals surface area contributed by atoms with Crippen LogP contribution in [0.5, 0.6) is 0 Å². The number of anilines is 1. The lowest BCUT2D eigenvalue weighted by Gasteiger charge is -2.41. The topological polar surface area (TPSA) is 92.3 Å². The van der Waals surface area contributed by atoms with Crippen LogP contribution in [0.2, 0.25) is 5.02 Å². The number of sulfonamides is 1. The van der Waals surface area contributed by atoms with Crippen molar-refractivity contribution in [2.24, 2.45) is 0 Å². The summed E-state index contributed by atoms with van der Waals surface area (Å²) in [4.78, 5) is 21.1. The summed E-state index contributed by atoms with van der Waals surface area (Å²) in [6, 6.07) is 11.1. The van der Waals surface area contributed by atoms with E-state index in [0.717, 1.165) is 12.2 Å². The highest BCUT2D eigenvalue weighted by molar-refractivity contribution is 7.89. The zero-order chi connectivity index (χ0) is 24.8. The zero-order valence-corrected chi connectivity index (χ0v) is 21.3. The van der Waals surface area contributed by atoms with Crippen molar-refractivity contribution < 1.29 is 22.7 Å². The fraction of sp³-hybridized carbons (Fsp3) is 0.500. The fourth-order valence-corrected chi connectivity index (χ4v) is 6.65. The second kappa shape index (κ2) is 11.6. The molecule has 2 saturated heterocycles. The molecular weight excluding hydrogens is 492 g/mol. The van der Waals surface area contributed by atoms with Gasteiger partial charge in [0.15, 0.2) is 0 Å². The van der Waals surface area contributed by atoms with Gasteiger partial charge in [0.1, 0.15) is 12.4 Å². The number of pyridine rings is 1. The van der Waals surface area contributed by atoms with Crippen LogP contribution in [-0.4, -0.2) is 87.3 Å². The summed E-state index contributed by atoms with van der Waals surface area (Å²) in [5.41, 5.74) is 0. The molecule has 0 N–H and O–H groups in total. The lowest BCUT2D eigenvalue weighted by molar-refractivity contribution is 0.0407. The monoisotopic (exact) mass is 522 g/mol. The van der Waals surface area contributed by atoms with Gasteiger partial charge in [0.25, 0.3) is 0 Å². The summed E-state index contributed by atoms with van der Waals surface area (Å²) in [7, 11) is -2.28. The number of piperazine rings is 1. The van der Waals surface area contributed by atoms with Gasteiger partial charge < -0.3 is 19.3 Å². The summed E-state index contributed by atoms with van der Waals surface area (Å²) in [6.07, 6.45) is 3.43. The first-order valence-electron chi connectivity index (χ1n) is 11.8. The number of amides is 1. The molecule has 1 amide bonds. The molecule has 0 unspecified atom stereocenters. The van der Waals surface area contributed by atoms with Gasteiger partial charge in [0.05, 0.1) is 17.5 Å². The van der Waals surface area contributed by atoms with Crippen LogP contribution in [0.15, 0.2) is 53.6 Å². The molecule has 0 saturated carbocycles. The lowest BCUT2D eigenvalue weighted by Crippen LogP contribution is -2.54. The normalized spacial score (nSPS) is 21.7. The van der Waals surface area contributed by atoms with Crippen LogP contribution in [0.3, 0.4) is 0 Å². The van der Waals surface area contributed by atoms with Gasteiger partial charge in [-0.25, -0.2) is 18.2 Å². The average molecular weight is 523 g/mol. The molecule has 4 rings (SSSR count). The lowest BCUT2D eigenvalue weighted by atomic mass is 9.99. The Morgan fingerprint density at radius 1 is 1.03 bits per heavy atom. The minimum absolute atomic E-state index is 0.00762. The van der Waals surface area contributed by atoms with E-state index in [0.29, 0.717) is 44.0 Å². The van der Waals surface area contributed by atoms with E-state index >= 15 is 0 Å². The Morgan fingerprint density at radius 3 is 2.34 bits per heavy atom. The number of benzene rings is 1. The highest BCUT2D eigenvalue weighted by Crippen LogP contribution is 2.31. The molecule has 1 aromatic heterocycles. The maximum Gasteiger partial charge on any atom is 0.409 e. The molecule has 3 heterocycles. The van der Waals surface area contributed by atoms with Crippen LogP contribution < -0.4 is 4.90 Å². The number of aromatic nitrogens is 1. The first-order chi connectivity index (χ1) is 16.9. The first-order valence-corrected chi connectivity index (χ1v) is 13.6. The van der Waals surface area contributed by atoms with E-state index in [1.807, 2.05) is 18.2 Å². The molecule has 2 aromatic rings. The van der Waals surface area contributed by atoms with Crippen LogP contribution in [0, 0.1) is 0 Å². The van der Waals surface area contributed by atoms with Crippen LogP contribution in [0.25, 0.3) is 0 Å². The van der Waals surface area contributed by atoms with E-state index in [-0.39, 0.29) is 24.2 Å². The van der Waals surface area contributed by atoms with Gasteiger partial charge in [-0.05, 0) is 49.2 Å². The smallest absolute Gasteiger partial charge is 0.409 e. The number of hydrogen-bond donors (Lipinski definition) is 0. The van der Waals surface area contributed by atoms with Crippen molar-refractivity contribution in [3.8, 4) is 0 Å². The van der Waals surface area contributed by atoms with E-state index in [4.69, 9.17) is 21.1 Å². The molecule has 0 spiro atoms. The number of halogens is 1. The largest absolute Gasteiger partial charge is 0.448 e. The third-order valence-electron chi connectivity index (χ3n) is 6.45. The maximum atomic E-state index is 13.6. The molecule has 0 aliphatic carbocycles. The van der Waals surface area contributed by atoms with Gasteiger partial charge in [-0.3, -0.25) is 0 Å². The van der Waals surface area contributed by atoms with Crippen molar-refractivity contribution in [3.63, 3.8) is 0 Å². The Kier molecular flexibility index (Phi) is 8.48. The molecule has 0 bridgehead atoms. The predicted molar refractivity (Wildman–Crippen MR) is 133 cm³/mol. The number of rotatable bonds is 7. The van der Waals surface area contributed by atoms with E-state index < -0.39 is 22.2 Å². The van der Waals surface area contributed by atoms with Gasteiger partial charge in [0.2, 0.25) is 10.0 Å². The SMILES string of the molecule is COC[C@H]1CCC[C@@H](COC(=O)N2CCN(c3ccccn3)CC2)N1S(=O)(=O)c1ccc(Cl)cc1. The van der Waals surface area contributed by atoms with Crippen LogP contribution in [-0.2, 0) is 19.5 Å². The number of nitrogens with zero attached hydrogens (tertiary/aromatic N) is 4. The highest BCUT2D eigenvalue weighted by Gasteiger charge is 2.40. The number of carbonyl (C=O) groups is 1. The van der Waals surface area contributed by atoms with Crippen molar-refractivity contribution in [3.05, 3.63) is 53.7 Å². The molecule has 2 aliphatic rings.